The number of aryl methyl sites for hydroxylation is 2. The second-order valence-electron chi connectivity index (χ2n) is 9.35. The number of pyridine rings is 1. The monoisotopic (exact) mass is 484 g/mol. The zero-order valence-corrected chi connectivity index (χ0v) is 21.5. The lowest BCUT2D eigenvalue weighted by atomic mass is 10.1. The van der Waals surface area contributed by atoms with E-state index in [1.807, 2.05) is 24.3 Å². The Morgan fingerprint density at radius 2 is 1.91 bits per heavy atom. The molecule has 0 aliphatic heterocycles. The van der Waals surface area contributed by atoms with E-state index < -0.39 is 18.1 Å². The molecule has 0 saturated carbocycles. The molecule has 9 heteroatoms. The van der Waals surface area contributed by atoms with Gasteiger partial charge in [0.2, 0.25) is 0 Å². The van der Waals surface area contributed by atoms with Crippen LogP contribution in [0.15, 0.2) is 35.3 Å². The number of methoxy groups -OCH3 is 1. The minimum absolute atomic E-state index is 0.00642. The van der Waals surface area contributed by atoms with E-state index in [4.69, 9.17) is 14.5 Å². The summed E-state index contributed by atoms with van der Waals surface area (Å²) in [4.78, 5) is 29.5. The second kappa shape index (κ2) is 11.2. The molecule has 0 aliphatic carbocycles. The highest BCUT2D eigenvalue weighted by atomic mass is 16.5. The molecule has 190 valence electrons. The van der Waals surface area contributed by atoms with Gasteiger partial charge in [0, 0.05) is 38.0 Å². The molecule has 0 amide bonds. The van der Waals surface area contributed by atoms with E-state index >= 15 is 0 Å². The van der Waals surface area contributed by atoms with Crippen molar-refractivity contribution < 1.29 is 19.4 Å². The summed E-state index contributed by atoms with van der Waals surface area (Å²) in [6, 6.07) is 6.95. The van der Waals surface area contributed by atoms with E-state index in [0.717, 1.165) is 28.0 Å². The van der Waals surface area contributed by atoms with Gasteiger partial charge in [0.25, 0.3) is 5.56 Å². The minimum atomic E-state index is -0.904. The summed E-state index contributed by atoms with van der Waals surface area (Å²) >= 11 is 0. The molecule has 0 bridgehead atoms. The molecule has 3 rings (SSSR count). The number of aliphatic hydroxyl groups excluding tert-OH is 1. The molecule has 2 heterocycles. The Morgan fingerprint density at radius 3 is 2.51 bits per heavy atom. The molecule has 3 aromatic rings. The fourth-order valence-electron chi connectivity index (χ4n) is 4.20. The Morgan fingerprint density at radius 1 is 1.20 bits per heavy atom. The molecule has 0 radical (unpaired) electrons. The average molecular weight is 485 g/mol. The molecular weight excluding hydrogens is 448 g/mol. The van der Waals surface area contributed by atoms with E-state index in [-0.39, 0.29) is 17.7 Å². The van der Waals surface area contributed by atoms with Gasteiger partial charge in [-0.3, -0.25) is 14.9 Å². The number of hydrogen-bond acceptors (Lipinski definition) is 7. The smallest absolute Gasteiger partial charge is 0.326 e. The van der Waals surface area contributed by atoms with Crippen LogP contribution >= 0.6 is 0 Å². The highest BCUT2D eigenvalue weighted by Gasteiger charge is 2.26. The fraction of sp³-hybridized carbons (Fsp3) is 0.500. The Hall–Kier alpha value is -3.01. The normalized spacial score (nSPS) is 14.3. The SMILES string of the molecule is COC[C@H](C)n1c(-c2cc(C)c(=O)n(C)c2)nc2cc(CN[C@H](C(=O)OC(C)C)[C@@H](C)O)ccc21. The van der Waals surface area contributed by atoms with E-state index in [2.05, 4.69) is 16.8 Å². The number of ether oxygens (including phenoxy) is 2. The van der Waals surface area contributed by atoms with Crippen molar-refractivity contribution in [3.05, 3.63) is 51.9 Å². The van der Waals surface area contributed by atoms with Crippen LogP contribution in [0, 0.1) is 6.92 Å². The van der Waals surface area contributed by atoms with Crippen LogP contribution in [0.1, 0.15) is 44.9 Å². The maximum Gasteiger partial charge on any atom is 0.326 e. The van der Waals surface area contributed by atoms with Crippen molar-refractivity contribution in [1.29, 1.82) is 0 Å². The zero-order chi connectivity index (χ0) is 25.9. The molecule has 2 N–H and O–H groups in total. The highest BCUT2D eigenvalue weighted by molar-refractivity contribution is 5.81. The zero-order valence-electron chi connectivity index (χ0n) is 21.5. The van der Waals surface area contributed by atoms with E-state index in [1.54, 1.807) is 52.6 Å². The molecule has 1 aromatic carbocycles. The summed E-state index contributed by atoms with van der Waals surface area (Å²) < 4.78 is 14.4. The Kier molecular flexibility index (Phi) is 8.47. The van der Waals surface area contributed by atoms with Crippen LogP contribution in [-0.4, -0.2) is 57.2 Å². The summed E-state index contributed by atoms with van der Waals surface area (Å²) in [5.41, 5.74) is 4.07. The quantitative estimate of drug-likeness (QED) is 0.426. The lowest BCUT2D eigenvalue weighted by Gasteiger charge is -2.21. The lowest BCUT2D eigenvalue weighted by molar-refractivity contribution is -0.152. The van der Waals surface area contributed by atoms with Gasteiger partial charge in [0.15, 0.2) is 0 Å². The summed E-state index contributed by atoms with van der Waals surface area (Å²) in [7, 11) is 3.40. The number of aliphatic hydroxyl groups is 1. The number of carbonyl (C=O) groups excluding carboxylic acids is 1. The van der Waals surface area contributed by atoms with Crippen molar-refractivity contribution >= 4 is 17.0 Å². The number of imidazole rings is 1. The predicted octanol–water partition coefficient (Wildman–Crippen LogP) is 2.71. The van der Waals surface area contributed by atoms with Gasteiger partial charge in [0.05, 0.1) is 35.9 Å². The van der Waals surface area contributed by atoms with Crippen LogP contribution in [-0.2, 0) is 27.9 Å². The predicted molar refractivity (Wildman–Crippen MR) is 135 cm³/mol. The number of benzene rings is 1. The number of fused-ring (bicyclic) bond motifs is 1. The first kappa shape index (κ1) is 26.6. The minimum Gasteiger partial charge on any atom is -0.462 e. The number of aromatic nitrogens is 3. The fourth-order valence-corrected chi connectivity index (χ4v) is 4.20. The molecular formula is C26H36N4O5. The molecule has 0 saturated heterocycles. The van der Waals surface area contributed by atoms with Crippen LogP contribution in [0.25, 0.3) is 22.4 Å². The molecule has 35 heavy (non-hydrogen) atoms. The van der Waals surface area contributed by atoms with Gasteiger partial charge >= 0.3 is 5.97 Å². The van der Waals surface area contributed by atoms with Crippen molar-refractivity contribution in [2.24, 2.45) is 7.05 Å². The number of rotatable bonds is 10. The van der Waals surface area contributed by atoms with Crippen LogP contribution in [0.4, 0.5) is 0 Å². The van der Waals surface area contributed by atoms with Gasteiger partial charge in [-0.15, -0.1) is 0 Å². The number of carbonyl (C=O) groups is 1. The molecule has 0 spiro atoms. The van der Waals surface area contributed by atoms with Crippen molar-refractivity contribution in [1.82, 2.24) is 19.4 Å². The first-order valence-corrected chi connectivity index (χ1v) is 11.8. The van der Waals surface area contributed by atoms with E-state index in [0.29, 0.717) is 18.7 Å². The number of esters is 1. The van der Waals surface area contributed by atoms with Gasteiger partial charge in [-0.05, 0) is 58.4 Å². The van der Waals surface area contributed by atoms with Crippen molar-refractivity contribution in [3.63, 3.8) is 0 Å². The maximum absolute atomic E-state index is 12.4. The molecule has 0 aliphatic rings. The molecule has 2 aromatic heterocycles. The van der Waals surface area contributed by atoms with Gasteiger partial charge < -0.3 is 23.7 Å². The summed E-state index contributed by atoms with van der Waals surface area (Å²) in [6.45, 7) is 9.82. The Balaban J connectivity index is 1.99. The van der Waals surface area contributed by atoms with Crippen molar-refractivity contribution in [3.8, 4) is 11.4 Å². The molecule has 9 nitrogen and oxygen atoms in total. The average Bonchev–Trinajstić information content (AvgIpc) is 3.15. The first-order valence-electron chi connectivity index (χ1n) is 11.8. The topological polar surface area (TPSA) is 108 Å². The van der Waals surface area contributed by atoms with Crippen LogP contribution < -0.4 is 10.9 Å². The standard InChI is InChI=1S/C26H36N4O5/c1-15(2)35-26(33)23(18(5)31)27-12-19-8-9-22-21(11-19)28-24(30(22)17(4)14-34-7)20-10-16(3)25(32)29(6)13-20/h8-11,13,15,17-18,23,27,31H,12,14H2,1-7H3/t17-,18+,23-/m0/s1. The van der Waals surface area contributed by atoms with E-state index in [9.17, 15) is 14.7 Å². The maximum atomic E-state index is 12.4. The van der Waals surface area contributed by atoms with Gasteiger partial charge in [-0.1, -0.05) is 6.07 Å². The Labute approximate surface area is 205 Å². The number of hydrogen-bond donors (Lipinski definition) is 2. The van der Waals surface area contributed by atoms with Gasteiger partial charge in [0.1, 0.15) is 11.9 Å². The van der Waals surface area contributed by atoms with Crippen molar-refractivity contribution in [2.75, 3.05) is 13.7 Å². The van der Waals surface area contributed by atoms with E-state index in [1.165, 1.54) is 0 Å². The van der Waals surface area contributed by atoms with Gasteiger partial charge in [-0.25, -0.2) is 4.98 Å². The molecule has 0 unspecified atom stereocenters. The number of nitrogens with zero attached hydrogens (tertiary/aromatic N) is 3. The Bertz CT molecular complexity index is 1220. The third kappa shape index (κ3) is 5.98. The van der Waals surface area contributed by atoms with Crippen LogP contribution in [0.3, 0.4) is 0 Å². The van der Waals surface area contributed by atoms with Crippen molar-refractivity contribution in [2.45, 2.75) is 65.5 Å². The summed E-state index contributed by atoms with van der Waals surface area (Å²) in [5.74, 6) is 0.261. The highest BCUT2D eigenvalue weighted by Crippen LogP contribution is 2.29. The molecule has 3 atom stereocenters. The lowest BCUT2D eigenvalue weighted by Crippen LogP contribution is -2.46. The summed E-state index contributed by atoms with van der Waals surface area (Å²) in [6.07, 6.45) is 0.626. The van der Waals surface area contributed by atoms with Crippen LogP contribution in [0.2, 0.25) is 0 Å². The number of nitrogens with one attached hydrogen (secondary N) is 1. The largest absolute Gasteiger partial charge is 0.462 e. The van der Waals surface area contributed by atoms with Crippen LogP contribution in [0.5, 0.6) is 0 Å². The van der Waals surface area contributed by atoms with Gasteiger partial charge in [-0.2, -0.15) is 0 Å². The third-order valence-electron chi connectivity index (χ3n) is 5.84. The first-order chi connectivity index (χ1) is 16.5. The second-order valence-corrected chi connectivity index (χ2v) is 9.35. The molecule has 0 fully saturated rings. The summed E-state index contributed by atoms with van der Waals surface area (Å²) in [5, 5.41) is 13.2. The third-order valence-corrected chi connectivity index (χ3v) is 5.84.